The standard InChI is InChI=1S/C51H84N8O12/c1-18-30(7)51(13)49(69)53-27-39(60)57(14)37(24-28(3)4)44(64)52-26-40(61)59(16)41(29(5)6)46(66)58(15)38(25-34-20-22-35(70-17)23-21-34)45(65)54-32(9)42(62)50(11,12)48(68)55-33(10)43(63)56-36(19-2)31(8)47(67)71-51/h20-23,28-33,36-38,41-42,62H,18-19,24-27H2,1-17H3,(H,52,64)(H,53,69)(H,54,65)(H,55,68)(H,56,63)/t30-,31+,32-,33-,36+,37-,38+,41-,42?,51+/m0/s1. The highest BCUT2D eigenvalue weighted by Gasteiger charge is 2.46. The molecule has 1 aliphatic rings. The van der Waals surface area contributed by atoms with E-state index in [4.69, 9.17) is 9.47 Å². The summed E-state index contributed by atoms with van der Waals surface area (Å²) in [6.45, 7) is 20.1. The Morgan fingerprint density at radius 2 is 1.30 bits per heavy atom. The second kappa shape index (κ2) is 26.6. The lowest BCUT2D eigenvalue weighted by Crippen LogP contribution is -2.61. The van der Waals surface area contributed by atoms with Crippen LogP contribution in [0.3, 0.4) is 0 Å². The maximum absolute atomic E-state index is 14.6. The van der Waals surface area contributed by atoms with Gasteiger partial charge in [-0.1, -0.05) is 60.6 Å². The molecule has 20 nitrogen and oxygen atoms in total. The normalized spacial score (nSPS) is 28.6. The maximum Gasteiger partial charge on any atom is 0.311 e. The summed E-state index contributed by atoms with van der Waals surface area (Å²) in [4.78, 5) is 129. The first-order chi connectivity index (χ1) is 32.9. The van der Waals surface area contributed by atoms with Gasteiger partial charge in [-0.2, -0.15) is 0 Å². The topological polar surface area (TPSA) is 262 Å². The monoisotopic (exact) mass is 1000 g/mol. The van der Waals surface area contributed by atoms with Crippen LogP contribution in [-0.4, -0.2) is 162 Å². The molecule has 0 spiro atoms. The van der Waals surface area contributed by atoms with E-state index < -0.39 is 137 Å². The van der Waals surface area contributed by atoms with Crippen LogP contribution in [0.4, 0.5) is 0 Å². The molecule has 1 aromatic rings. The second-order valence-corrected chi connectivity index (χ2v) is 20.6. The number of carbonyl (C=O) groups excluding carboxylic acids is 9. The van der Waals surface area contributed by atoms with Gasteiger partial charge in [0.2, 0.25) is 41.4 Å². The molecule has 2 rings (SSSR count). The van der Waals surface area contributed by atoms with Crippen LogP contribution < -0.4 is 31.3 Å². The lowest BCUT2D eigenvalue weighted by molar-refractivity contribution is -0.177. The number of benzene rings is 1. The van der Waals surface area contributed by atoms with Crippen molar-refractivity contribution in [1.82, 2.24) is 41.3 Å². The number of amides is 8. The molecule has 71 heavy (non-hydrogen) atoms. The van der Waals surface area contributed by atoms with Crippen LogP contribution in [-0.2, 0) is 54.3 Å². The van der Waals surface area contributed by atoms with Gasteiger partial charge in [0.25, 0.3) is 5.91 Å². The van der Waals surface area contributed by atoms with Crippen LogP contribution in [0.5, 0.6) is 5.75 Å². The lowest BCUT2D eigenvalue weighted by Gasteiger charge is -2.38. The van der Waals surface area contributed by atoms with Gasteiger partial charge in [-0.15, -0.1) is 0 Å². The third-order valence-corrected chi connectivity index (χ3v) is 14.0. The molecule has 1 heterocycles. The van der Waals surface area contributed by atoms with E-state index in [-0.39, 0.29) is 25.2 Å². The van der Waals surface area contributed by atoms with Gasteiger partial charge in [0.1, 0.15) is 29.9 Å². The fourth-order valence-electron chi connectivity index (χ4n) is 8.45. The van der Waals surface area contributed by atoms with Gasteiger partial charge in [0, 0.05) is 39.5 Å². The maximum atomic E-state index is 14.6. The largest absolute Gasteiger partial charge is 0.497 e. The third-order valence-electron chi connectivity index (χ3n) is 14.0. The van der Waals surface area contributed by atoms with Gasteiger partial charge in [-0.25, -0.2) is 0 Å². The Labute approximate surface area is 420 Å². The lowest BCUT2D eigenvalue weighted by atomic mass is 9.81. The number of nitrogens with one attached hydrogen (secondary N) is 5. The number of esters is 1. The molecule has 400 valence electrons. The van der Waals surface area contributed by atoms with Gasteiger partial charge < -0.3 is 55.9 Å². The van der Waals surface area contributed by atoms with Crippen molar-refractivity contribution < 1.29 is 57.7 Å². The molecule has 0 bridgehead atoms. The van der Waals surface area contributed by atoms with Crippen molar-refractivity contribution in [2.75, 3.05) is 41.3 Å². The highest BCUT2D eigenvalue weighted by atomic mass is 16.6. The first kappa shape index (κ1) is 61.3. The summed E-state index contributed by atoms with van der Waals surface area (Å²) in [5, 5.41) is 25.1. The molecule has 1 aliphatic heterocycles. The van der Waals surface area contributed by atoms with Crippen LogP contribution >= 0.6 is 0 Å². The molecule has 1 fully saturated rings. The molecule has 0 aliphatic carbocycles. The van der Waals surface area contributed by atoms with Gasteiger partial charge in [0.05, 0.1) is 43.7 Å². The van der Waals surface area contributed by atoms with Crippen LogP contribution in [0.2, 0.25) is 0 Å². The van der Waals surface area contributed by atoms with Crippen LogP contribution in [0.1, 0.15) is 115 Å². The minimum absolute atomic E-state index is 0.00461. The molecule has 8 amide bonds. The minimum Gasteiger partial charge on any atom is -0.497 e. The Bertz CT molecular complexity index is 2050. The van der Waals surface area contributed by atoms with E-state index in [1.54, 1.807) is 58.9 Å². The molecule has 6 N–H and O–H groups in total. The smallest absolute Gasteiger partial charge is 0.311 e. The SMILES string of the molecule is CC[C@H]1NC(=O)[C@H](C)NC(=O)C(C)(C)C(O)[C@H](C)NC(=O)[C@@H](Cc2ccc(OC)cc2)N(C)C(=O)[C@H](C(C)C)N(C)C(=O)CNC(=O)[C@H](CC(C)C)N(C)C(=O)CNC(=O)[C@@](C)([C@@H](C)CC)OC(=O)[C@@H]1C. The van der Waals surface area contributed by atoms with E-state index in [0.717, 1.165) is 0 Å². The molecular weight excluding hydrogens is 917 g/mol. The third kappa shape index (κ3) is 15.9. The highest BCUT2D eigenvalue weighted by Crippen LogP contribution is 2.28. The molecule has 1 aromatic carbocycles. The summed E-state index contributed by atoms with van der Waals surface area (Å²) in [5.74, 6) is -7.68. The van der Waals surface area contributed by atoms with Crippen LogP contribution in [0.15, 0.2) is 24.3 Å². The number of hydrogen-bond acceptors (Lipinski definition) is 12. The van der Waals surface area contributed by atoms with E-state index in [2.05, 4.69) is 26.6 Å². The quantitative estimate of drug-likeness (QED) is 0.194. The number of aliphatic hydroxyl groups is 1. The van der Waals surface area contributed by atoms with Gasteiger partial charge >= 0.3 is 5.97 Å². The van der Waals surface area contributed by atoms with Crippen molar-refractivity contribution >= 4 is 53.2 Å². The summed E-state index contributed by atoms with van der Waals surface area (Å²) >= 11 is 0. The van der Waals surface area contributed by atoms with E-state index >= 15 is 0 Å². The summed E-state index contributed by atoms with van der Waals surface area (Å²) in [5.41, 5.74) is -2.72. The first-order valence-electron chi connectivity index (χ1n) is 24.7. The molecule has 20 heteroatoms. The zero-order chi connectivity index (χ0) is 54.5. The number of carbonyl (C=O) groups is 9. The number of aliphatic hydroxyl groups excluding tert-OH is 1. The fourth-order valence-corrected chi connectivity index (χ4v) is 8.45. The number of hydrogen-bond donors (Lipinski definition) is 6. The van der Waals surface area contributed by atoms with Crippen molar-refractivity contribution in [3.05, 3.63) is 29.8 Å². The number of methoxy groups -OCH3 is 1. The zero-order valence-electron chi connectivity index (χ0n) is 45.2. The zero-order valence-corrected chi connectivity index (χ0v) is 45.2. The van der Waals surface area contributed by atoms with E-state index in [9.17, 15) is 48.3 Å². The molecular formula is C51H84N8O12. The Morgan fingerprint density at radius 3 is 1.82 bits per heavy atom. The number of rotatable bonds is 9. The van der Waals surface area contributed by atoms with Crippen molar-refractivity contribution in [3.63, 3.8) is 0 Å². The number of likely N-dealkylation sites (N-methyl/N-ethyl adjacent to an activating group) is 3. The van der Waals surface area contributed by atoms with Crippen LogP contribution in [0, 0.1) is 29.1 Å². The highest BCUT2D eigenvalue weighted by molar-refractivity contribution is 5.96. The predicted octanol–water partition coefficient (Wildman–Crippen LogP) is 1.94. The van der Waals surface area contributed by atoms with Crippen LogP contribution in [0.25, 0.3) is 0 Å². The van der Waals surface area contributed by atoms with Crippen molar-refractivity contribution in [2.45, 2.75) is 164 Å². The fraction of sp³-hybridized carbons (Fsp3) is 0.706. The number of cyclic esters (lactones) is 1. The summed E-state index contributed by atoms with van der Waals surface area (Å²) in [6, 6.07) is 0.401. The van der Waals surface area contributed by atoms with Gasteiger partial charge in [0.15, 0.2) is 5.60 Å². The van der Waals surface area contributed by atoms with E-state index in [1.807, 2.05) is 13.8 Å². The summed E-state index contributed by atoms with van der Waals surface area (Å²) in [6.07, 6.45) is -0.685. The van der Waals surface area contributed by atoms with Gasteiger partial charge in [-0.05, 0) is 90.3 Å². The summed E-state index contributed by atoms with van der Waals surface area (Å²) < 4.78 is 11.3. The number of ether oxygens (including phenoxy) is 2. The summed E-state index contributed by atoms with van der Waals surface area (Å²) in [7, 11) is 5.76. The van der Waals surface area contributed by atoms with E-state index in [1.165, 1.54) is 84.5 Å². The Kier molecular flexibility index (Phi) is 23.0. The predicted molar refractivity (Wildman–Crippen MR) is 267 cm³/mol. The minimum atomic E-state index is -1.77. The van der Waals surface area contributed by atoms with Crippen molar-refractivity contribution in [1.29, 1.82) is 0 Å². The van der Waals surface area contributed by atoms with Gasteiger partial charge in [-0.3, -0.25) is 43.2 Å². The second-order valence-electron chi connectivity index (χ2n) is 20.6. The molecule has 0 radical (unpaired) electrons. The molecule has 1 unspecified atom stereocenters. The van der Waals surface area contributed by atoms with Crippen molar-refractivity contribution in [3.8, 4) is 5.75 Å². The van der Waals surface area contributed by atoms with E-state index in [0.29, 0.717) is 17.7 Å². The molecule has 10 atom stereocenters. The Morgan fingerprint density at radius 1 is 0.732 bits per heavy atom. The Balaban J connectivity index is 2.71. The average molecular weight is 1000 g/mol. The Hall–Kier alpha value is -5.79. The number of nitrogens with zero attached hydrogens (tertiary/aromatic N) is 3. The average Bonchev–Trinajstić information content (AvgIpc) is 3.32. The molecule has 0 saturated carbocycles. The first-order valence-corrected chi connectivity index (χ1v) is 24.7. The van der Waals surface area contributed by atoms with Crippen molar-refractivity contribution in [2.24, 2.45) is 29.1 Å². The molecule has 1 saturated heterocycles. The molecule has 0 aromatic heterocycles.